The van der Waals surface area contributed by atoms with Crippen LogP contribution in [0.2, 0.25) is 10.0 Å². The predicted octanol–water partition coefficient (Wildman–Crippen LogP) is 3.06. The Hall–Kier alpha value is -2.34. The Labute approximate surface area is 206 Å². The van der Waals surface area contributed by atoms with E-state index in [1.54, 1.807) is 22.8 Å². The van der Waals surface area contributed by atoms with Gasteiger partial charge >= 0.3 is 13.3 Å². The summed E-state index contributed by atoms with van der Waals surface area (Å²) in [4.78, 5) is 49.1. The van der Waals surface area contributed by atoms with Crippen LogP contribution < -0.4 is 11.2 Å². The van der Waals surface area contributed by atoms with Crippen molar-refractivity contribution >= 4 is 42.0 Å². The molecule has 0 fully saturated rings. The smallest absolute Gasteiger partial charge is 0.324 e. The van der Waals surface area contributed by atoms with Crippen LogP contribution in [0.15, 0.2) is 27.8 Å². The number of nitrogens with zero attached hydrogens (tertiary/aromatic N) is 4. The molecule has 0 spiro atoms. The lowest BCUT2D eigenvalue weighted by Crippen LogP contribution is -2.40. The third-order valence-electron chi connectivity index (χ3n) is 5.50. The van der Waals surface area contributed by atoms with E-state index in [1.165, 1.54) is 4.57 Å². The zero-order chi connectivity index (χ0) is 25.0. The number of unbranched alkanes of at least 4 members (excludes halogenated alkanes) is 1. The molecule has 0 unspecified atom stereocenters. The van der Waals surface area contributed by atoms with Crippen LogP contribution in [0, 0.1) is 12.3 Å². The Balaban J connectivity index is 2.07. The minimum Gasteiger partial charge on any atom is -0.324 e. The molecule has 3 rings (SSSR count). The van der Waals surface area contributed by atoms with Gasteiger partial charge in [0.2, 0.25) is 0 Å². The van der Waals surface area contributed by atoms with Gasteiger partial charge in [0.05, 0.1) is 6.54 Å². The molecule has 1 aromatic carbocycles. The maximum Gasteiger partial charge on any atom is 0.333 e. The first-order chi connectivity index (χ1) is 16.1. The lowest BCUT2D eigenvalue weighted by atomic mass is 10.1. The van der Waals surface area contributed by atoms with Crippen molar-refractivity contribution in [2.24, 2.45) is 0 Å². The lowest BCUT2D eigenvalue weighted by molar-refractivity contribution is 0.370. The second-order valence-electron chi connectivity index (χ2n) is 7.77. The molecule has 9 nitrogen and oxygen atoms in total. The molecule has 0 radical (unpaired) electrons. The van der Waals surface area contributed by atoms with Crippen LogP contribution in [0.5, 0.6) is 0 Å². The number of aryl methyl sites for hydroxylation is 3. The summed E-state index contributed by atoms with van der Waals surface area (Å²) in [5, 5.41) is 1.06. The second kappa shape index (κ2) is 10.9. The molecule has 0 amide bonds. The Bertz CT molecular complexity index is 1390. The largest absolute Gasteiger partial charge is 0.333 e. The summed E-state index contributed by atoms with van der Waals surface area (Å²) < 4.78 is 15.2. The molecule has 0 aliphatic heterocycles. The topological polar surface area (TPSA) is 119 Å². The highest BCUT2D eigenvalue weighted by Crippen LogP contribution is 2.35. The van der Waals surface area contributed by atoms with Crippen LogP contribution in [0.4, 0.5) is 0 Å². The molecule has 0 aliphatic carbocycles. The van der Waals surface area contributed by atoms with Crippen molar-refractivity contribution in [3.05, 3.63) is 60.5 Å². The van der Waals surface area contributed by atoms with Gasteiger partial charge in [0.25, 0.3) is 5.56 Å². The van der Waals surface area contributed by atoms with Crippen LogP contribution >= 0.6 is 30.8 Å². The minimum atomic E-state index is -4.14. The number of rotatable bonds is 10. The van der Waals surface area contributed by atoms with E-state index >= 15 is 0 Å². The third kappa shape index (κ3) is 5.65. The third-order valence-corrected chi connectivity index (χ3v) is 7.11. The SMILES string of the molecule is C#CCn1c(=O)c2c(nc(CCc3c(Cl)cccc3Cl)n2CC)n(CCCCP(=O)(O)O)c1=O. The van der Waals surface area contributed by atoms with Crippen LogP contribution in [-0.2, 0) is 37.0 Å². The number of imidazole rings is 1. The van der Waals surface area contributed by atoms with Gasteiger partial charge in [-0.2, -0.15) is 0 Å². The summed E-state index contributed by atoms with van der Waals surface area (Å²) in [6.45, 7) is 2.24. The zero-order valence-electron chi connectivity index (χ0n) is 18.6. The van der Waals surface area contributed by atoms with E-state index < -0.39 is 18.8 Å². The van der Waals surface area contributed by atoms with Crippen LogP contribution in [0.1, 0.15) is 31.2 Å². The summed E-state index contributed by atoms with van der Waals surface area (Å²) >= 11 is 12.6. The van der Waals surface area contributed by atoms with E-state index in [0.717, 1.165) is 10.1 Å². The molecule has 0 saturated heterocycles. The monoisotopic (exact) mass is 526 g/mol. The number of fused-ring (bicyclic) bond motifs is 1. The molecular formula is C22H25Cl2N4O5P. The quantitative estimate of drug-likeness (QED) is 0.238. The summed E-state index contributed by atoms with van der Waals surface area (Å²) in [5.74, 6) is 2.93. The maximum atomic E-state index is 13.2. The Kier molecular flexibility index (Phi) is 8.45. The lowest BCUT2D eigenvalue weighted by Gasteiger charge is -2.11. The van der Waals surface area contributed by atoms with E-state index in [4.69, 9.17) is 39.4 Å². The molecule has 2 N–H and O–H groups in total. The van der Waals surface area contributed by atoms with Crippen molar-refractivity contribution in [2.75, 3.05) is 6.16 Å². The Morgan fingerprint density at radius 2 is 1.76 bits per heavy atom. The number of aromatic nitrogens is 4. The fraction of sp³-hybridized carbons (Fsp3) is 0.409. The van der Waals surface area contributed by atoms with Crippen LogP contribution in [0.3, 0.4) is 0 Å². The molecule has 0 bridgehead atoms. The number of hydrogen-bond acceptors (Lipinski definition) is 4. The molecule has 3 aromatic rings. The summed E-state index contributed by atoms with van der Waals surface area (Å²) in [7, 11) is -4.14. The van der Waals surface area contributed by atoms with Crippen molar-refractivity contribution < 1.29 is 14.4 Å². The standard InChI is InChI=1S/C22H25Cl2N4O5P/c1-3-12-28-21(29)19-20(27(22(28)30)13-5-6-14-34(31,32)33)25-18(26(19)4-2)11-10-15-16(23)8-7-9-17(15)24/h1,7-9H,4-6,10-14H2,2H3,(H2,31,32,33). The van der Waals surface area contributed by atoms with E-state index in [1.807, 2.05) is 6.92 Å². The van der Waals surface area contributed by atoms with Gasteiger partial charge in [0.15, 0.2) is 11.2 Å². The number of terminal acetylenes is 1. The average molecular weight is 527 g/mol. The fourth-order valence-corrected chi connectivity index (χ4v) is 5.12. The molecule has 0 aliphatic rings. The molecule has 0 atom stereocenters. The maximum absolute atomic E-state index is 13.2. The highest BCUT2D eigenvalue weighted by Gasteiger charge is 2.21. The van der Waals surface area contributed by atoms with Gasteiger partial charge in [-0.05, 0) is 43.9 Å². The van der Waals surface area contributed by atoms with Gasteiger partial charge in [-0.3, -0.25) is 13.9 Å². The number of halogens is 2. The van der Waals surface area contributed by atoms with Gasteiger partial charge in [0, 0.05) is 35.7 Å². The van der Waals surface area contributed by atoms with Crippen LogP contribution in [0.25, 0.3) is 11.2 Å². The van der Waals surface area contributed by atoms with Crippen molar-refractivity contribution in [3.8, 4) is 12.3 Å². The van der Waals surface area contributed by atoms with E-state index in [2.05, 4.69) is 10.9 Å². The fourth-order valence-electron chi connectivity index (χ4n) is 3.90. The summed E-state index contributed by atoms with van der Waals surface area (Å²) in [6.07, 6.45) is 6.52. The van der Waals surface area contributed by atoms with Gasteiger partial charge in [-0.15, -0.1) is 6.42 Å². The molecule has 2 heterocycles. The van der Waals surface area contributed by atoms with Crippen molar-refractivity contribution in [1.29, 1.82) is 0 Å². The number of benzene rings is 1. The van der Waals surface area contributed by atoms with Gasteiger partial charge in [0.1, 0.15) is 5.82 Å². The summed E-state index contributed by atoms with van der Waals surface area (Å²) in [5.41, 5.74) is 0.114. The number of hydrogen-bond donors (Lipinski definition) is 2. The molecule has 34 heavy (non-hydrogen) atoms. The molecular weight excluding hydrogens is 502 g/mol. The highest BCUT2D eigenvalue weighted by atomic mass is 35.5. The van der Waals surface area contributed by atoms with Gasteiger partial charge in [-0.25, -0.2) is 14.3 Å². The van der Waals surface area contributed by atoms with E-state index in [-0.39, 0.29) is 36.8 Å². The highest BCUT2D eigenvalue weighted by molar-refractivity contribution is 7.51. The molecule has 0 saturated carbocycles. The first-order valence-electron chi connectivity index (χ1n) is 10.7. The van der Waals surface area contributed by atoms with Crippen molar-refractivity contribution in [3.63, 3.8) is 0 Å². The zero-order valence-corrected chi connectivity index (χ0v) is 21.0. The normalized spacial score (nSPS) is 11.8. The Morgan fingerprint density at radius 3 is 2.35 bits per heavy atom. The van der Waals surface area contributed by atoms with Crippen LogP contribution in [-0.4, -0.2) is 34.6 Å². The van der Waals surface area contributed by atoms with Crippen molar-refractivity contribution in [2.45, 2.75) is 52.2 Å². The van der Waals surface area contributed by atoms with E-state index in [0.29, 0.717) is 41.7 Å². The Morgan fingerprint density at radius 1 is 1.09 bits per heavy atom. The predicted molar refractivity (Wildman–Crippen MR) is 133 cm³/mol. The minimum absolute atomic E-state index is 0.136. The van der Waals surface area contributed by atoms with Gasteiger partial charge < -0.3 is 14.4 Å². The van der Waals surface area contributed by atoms with Crippen molar-refractivity contribution in [1.82, 2.24) is 18.7 Å². The first kappa shape index (κ1) is 26.3. The molecule has 2 aromatic heterocycles. The first-order valence-corrected chi connectivity index (χ1v) is 13.3. The molecule has 182 valence electrons. The van der Waals surface area contributed by atoms with Gasteiger partial charge in [-0.1, -0.05) is 35.2 Å². The average Bonchev–Trinajstić information content (AvgIpc) is 3.13. The summed E-state index contributed by atoms with van der Waals surface area (Å²) in [6, 6.07) is 5.26. The second-order valence-corrected chi connectivity index (χ2v) is 10.4. The van der Waals surface area contributed by atoms with E-state index in [9.17, 15) is 14.2 Å². The molecule has 12 heteroatoms.